The first-order valence-corrected chi connectivity index (χ1v) is 11.8. The van der Waals surface area contributed by atoms with Crippen molar-refractivity contribution in [1.82, 2.24) is 19.7 Å². The van der Waals surface area contributed by atoms with E-state index in [-0.39, 0.29) is 18.5 Å². The highest BCUT2D eigenvalue weighted by Crippen LogP contribution is 2.36. The average molecular weight is 499 g/mol. The van der Waals surface area contributed by atoms with Crippen molar-refractivity contribution in [3.63, 3.8) is 0 Å². The van der Waals surface area contributed by atoms with Gasteiger partial charge in [0.2, 0.25) is 5.95 Å². The van der Waals surface area contributed by atoms with E-state index in [0.29, 0.717) is 35.1 Å². The van der Waals surface area contributed by atoms with Crippen LogP contribution in [0.1, 0.15) is 34.1 Å². The van der Waals surface area contributed by atoms with E-state index in [9.17, 15) is 4.39 Å². The molecular weight excluding hydrogens is 471 g/mol. The van der Waals surface area contributed by atoms with Crippen molar-refractivity contribution in [2.75, 3.05) is 18.5 Å². The number of halogens is 2. The van der Waals surface area contributed by atoms with Crippen LogP contribution in [0.15, 0.2) is 30.5 Å². The van der Waals surface area contributed by atoms with E-state index in [2.05, 4.69) is 20.4 Å². The molecule has 1 atom stereocenters. The second-order valence-electron chi connectivity index (χ2n) is 9.94. The fourth-order valence-corrected chi connectivity index (χ4v) is 3.76. The van der Waals surface area contributed by atoms with Crippen LogP contribution in [0.5, 0.6) is 5.75 Å². The molecule has 36 heavy (non-hydrogen) atoms. The smallest absolute Gasteiger partial charge is 0.486 e. The van der Waals surface area contributed by atoms with Crippen LogP contribution in [0.25, 0.3) is 11.4 Å². The fourth-order valence-electron chi connectivity index (χ4n) is 3.76. The van der Waals surface area contributed by atoms with E-state index in [1.807, 2.05) is 27.7 Å². The molecule has 9 nitrogen and oxygen atoms in total. The number of pyridine rings is 1. The zero-order valence-corrected chi connectivity index (χ0v) is 20.8. The van der Waals surface area contributed by atoms with Crippen molar-refractivity contribution in [1.29, 1.82) is 0 Å². The Balaban J connectivity index is 1.31. The minimum Gasteiger partial charge on any atom is -0.486 e. The Hall–Kier alpha value is -3.09. The monoisotopic (exact) mass is 499 g/mol. The summed E-state index contributed by atoms with van der Waals surface area (Å²) >= 11 is 0. The summed E-state index contributed by atoms with van der Waals surface area (Å²) in [5.41, 5.74) is 0.126. The predicted octanol–water partition coefficient (Wildman–Crippen LogP) is 3.37. The summed E-state index contributed by atoms with van der Waals surface area (Å²) in [5, 5.41) is 7.43. The second kappa shape index (κ2) is 9.09. The van der Waals surface area contributed by atoms with Crippen LogP contribution in [0, 0.1) is 11.8 Å². The lowest BCUT2D eigenvalue weighted by atomic mass is 9.78. The van der Waals surface area contributed by atoms with Gasteiger partial charge < -0.3 is 24.1 Å². The van der Waals surface area contributed by atoms with E-state index in [1.54, 1.807) is 19.2 Å². The summed E-state index contributed by atoms with van der Waals surface area (Å²) in [4.78, 5) is 8.23. The number of anilines is 2. The Bertz CT molecular complexity index is 1270. The van der Waals surface area contributed by atoms with E-state index in [4.69, 9.17) is 18.8 Å². The highest BCUT2D eigenvalue weighted by Gasteiger charge is 2.52. The first kappa shape index (κ1) is 24.6. The van der Waals surface area contributed by atoms with Crippen LogP contribution in [-0.4, -0.2) is 57.4 Å². The van der Waals surface area contributed by atoms with Gasteiger partial charge in [-0.1, -0.05) is 6.07 Å². The zero-order chi connectivity index (χ0) is 25.7. The minimum atomic E-state index is -0.802. The Morgan fingerprint density at radius 1 is 1.17 bits per heavy atom. The molecule has 0 bridgehead atoms. The Morgan fingerprint density at radius 2 is 1.89 bits per heavy atom. The molecule has 3 aromatic rings. The fraction of sp³-hybridized carbons (Fsp3) is 0.458. The maximum absolute atomic E-state index is 15.0. The number of hydrogen-bond donors (Lipinski definition) is 1. The highest BCUT2D eigenvalue weighted by molar-refractivity contribution is 6.62. The quantitative estimate of drug-likeness (QED) is 0.391. The molecule has 0 radical (unpaired) electrons. The summed E-state index contributed by atoms with van der Waals surface area (Å²) in [6, 6.07) is 6.18. The molecule has 12 heteroatoms. The molecule has 5 rings (SSSR count). The van der Waals surface area contributed by atoms with E-state index < -0.39 is 30.1 Å². The minimum absolute atomic E-state index is 0.00493. The lowest BCUT2D eigenvalue weighted by Gasteiger charge is -2.32. The number of benzene rings is 1. The van der Waals surface area contributed by atoms with Gasteiger partial charge in [0.05, 0.1) is 17.3 Å². The summed E-state index contributed by atoms with van der Waals surface area (Å²) in [7, 11) is 0.889. The Labute approximate surface area is 208 Å². The van der Waals surface area contributed by atoms with Crippen LogP contribution in [-0.2, 0) is 21.1 Å². The average Bonchev–Trinajstić information content (AvgIpc) is 3.23. The van der Waals surface area contributed by atoms with E-state index in [0.717, 1.165) is 6.42 Å². The van der Waals surface area contributed by atoms with Gasteiger partial charge in [-0.05, 0) is 45.9 Å². The lowest BCUT2D eigenvalue weighted by molar-refractivity contribution is -0.0726. The lowest BCUT2D eigenvalue weighted by Crippen LogP contribution is -2.41. The third-order valence-electron chi connectivity index (χ3n) is 6.81. The molecule has 0 aliphatic carbocycles. The predicted molar refractivity (Wildman–Crippen MR) is 129 cm³/mol. The number of nitrogens with one attached hydrogen (secondary N) is 1. The van der Waals surface area contributed by atoms with Crippen molar-refractivity contribution in [3.8, 4) is 17.1 Å². The van der Waals surface area contributed by atoms with Crippen molar-refractivity contribution >= 4 is 24.2 Å². The van der Waals surface area contributed by atoms with Crippen molar-refractivity contribution in [2.24, 2.45) is 7.05 Å². The van der Waals surface area contributed by atoms with E-state index >= 15 is 4.39 Å². The number of nitrogens with zero attached hydrogens (tertiary/aromatic N) is 4. The molecule has 1 N–H and O–H groups in total. The normalized spacial score (nSPS) is 20.3. The Kier molecular flexibility index (Phi) is 6.21. The van der Waals surface area contributed by atoms with Crippen molar-refractivity contribution < 1.29 is 27.6 Å². The maximum atomic E-state index is 15.0. The number of rotatable bonds is 7. The molecule has 2 aliphatic rings. The number of aromatic nitrogens is 4. The molecule has 2 saturated heterocycles. The standard InChI is InChI=1S/C24H28BF2N5O4/c1-23(2)24(3,4)36-25(35-23)17-7-6-15(11-18(17)26)29-22-30-21(31-32(22)5)14-10-19(20(27)28-12-14)34-13-16-8-9-33-16/h6-7,10-12,16H,8-9,13H2,1-5H3,(H,29,30,31). The van der Waals surface area contributed by atoms with Crippen LogP contribution in [0.2, 0.25) is 0 Å². The van der Waals surface area contributed by atoms with Gasteiger partial charge in [0.25, 0.3) is 5.95 Å². The molecule has 2 fully saturated rings. The number of aryl methyl sites for hydroxylation is 1. The zero-order valence-electron chi connectivity index (χ0n) is 20.8. The van der Waals surface area contributed by atoms with Crippen LogP contribution < -0.4 is 15.5 Å². The molecule has 0 spiro atoms. The molecule has 4 heterocycles. The van der Waals surface area contributed by atoms with Crippen LogP contribution in [0.3, 0.4) is 0 Å². The van der Waals surface area contributed by atoms with Gasteiger partial charge in [-0.2, -0.15) is 9.37 Å². The first-order valence-electron chi connectivity index (χ1n) is 11.8. The highest BCUT2D eigenvalue weighted by atomic mass is 19.1. The van der Waals surface area contributed by atoms with Crippen LogP contribution >= 0.6 is 0 Å². The topological polar surface area (TPSA) is 92.6 Å². The van der Waals surface area contributed by atoms with Gasteiger partial charge in [0.1, 0.15) is 12.4 Å². The second-order valence-corrected chi connectivity index (χ2v) is 9.94. The summed E-state index contributed by atoms with van der Waals surface area (Å²) in [6.07, 6.45) is 2.18. The maximum Gasteiger partial charge on any atom is 0.497 e. The molecule has 1 aromatic carbocycles. The van der Waals surface area contributed by atoms with Crippen molar-refractivity contribution in [3.05, 3.63) is 42.2 Å². The molecule has 2 aliphatic heterocycles. The Morgan fingerprint density at radius 3 is 2.53 bits per heavy atom. The summed E-state index contributed by atoms with van der Waals surface area (Å²) in [6.45, 7) is 8.61. The van der Waals surface area contributed by atoms with Gasteiger partial charge >= 0.3 is 7.12 Å². The van der Waals surface area contributed by atoms with Gasteiger partial charge in [0, 0.05) is 43.0 Å². The summed E-state index contributed by atoms with van der Waals surface area (Å²) in [5.74, 6) is -0.509. The summed E-state index contributed by atoms with van der Waals surface area (Å²) < 4.78 is 53.4. The third-order valence-corrected chi connectivity index (χ3v) is 6.81. The van der Waals surface area contributed by atoms with Gasteiger partial charge in [-0.3, -0.25) is 0 Å². The van der Waals surface area contributed by atoms with E-state index in [1.165, 1.54) is 23.0 Å². The molecule has 0 saturated carbocycles. The third kappa shape index (κ3) is 4.68. The van der Waals surface area contributed by atoms with Gasteiger partial charge in [-0.25, -0.2) is 14.1 Å². The van der Waals surface area contributed by atoms with Crippen molar-refractivity contribution in [2.45, 2.75) is 51.4 Å². The largest absolute Gasteiger partial charge is 0.497 e. The number of ether oxygens (including phenoxy) is 2. The molecule has 190 valence electrons. The van der Waals surface area contributed by atoms with Crippen LogP contribution in [0.4, 0.5) is 20.4 Å². The molecule has 1 unspecified atom stereocenters. The SMILES string of the molecule is Cn1nc(-c2cnc(F)c(OCC3CCO3)c2)nc1Nc1ccc(B2OC(C)(C)C(C)(C)O2)c(F)c1. The number of hydrogen-bond acceptors (Lipinski definition) is 8. The van der Waals surface area contributed by atoms with Gasteiger partial charge in [-0.15, -0.1) is 5.10 Å². The molecular formula is C24H28BF2N5O4. The first-order chi connectivity index (χ1) is 17.0. The van der Waals surface area contributed by atoms with Gasteiger partial charge in [0.15, 0.2) is 11.6 Å². The molecule has 2 aromatic heterocycles. The molecule has 0 amide bonds.